The molecule has 0 aliphatic rings. The first-order valence-corrected chi connectivity index (χ1v) is 8.42. The van der Waals surface area contributed by atoms with Gasteiger partial charge in [0.1, 0.15) is 17.7 Å². The minimum Gasteiger partial charge on any atom is -0.465 e. The van der Waals surface area contributed by atoms with E-state index in [1.54, 1.807) is 13.8 Å². The Bertz CT molecular complexity index is 522. The number of carbonyl (C=O) groups excluding carboxylic acids is 2. The third-order valence-corrected chi connectivity index (χ3v) is 3.35. The second-order valence-electron chi connectivity index (χ2n) is 6.75. The van der Waals surface area contributed by atoms with Gasteiger partial charge < -0.3 is 9.47 Å². The zero-order valence-electron chi connectivity index (χ0n) is 15.3. The number of rotatable bonds is 8. The number of ether oxygens (including phenoxy) is 2. The fraction of sp³-hybridized carbons (Fsp3) is 0.579. The van der Waals surface area contributed by atoms with Crippen molar-refractivity contribution in [2.24, 2.45) is 0 Å². The molecule has 5 nitrogen and oxygen atoms in total. The first-order chi connectivity index (χ1) is 11.2. The summed E-state index contributed by atoms with van der Waals surface area (Å²) in [5, 5.41) is 3.05. The molecule has 0 radical (unpaired) electrons. The third-order valence-electron chi connectivity index (χ3n) is 3.35. The monoisotopic (exact) mass is 335 g/mol. The van der Waals surface area contributed by atoms with Gasteiger partial charge in [0.15, 0.2) is 0 Å². The number of carbonyl (C=O) groups is 2. The van der Waals surface area contributed by atoms with E-state index < -0.39 is 17.7 Å². The van der Waals surface area contributed by atoms with Crippen LogP contribution in [0.5, 0.6) is 0 Å². The lowest BCUT2D eigenvalue weighted by atomic mass is 10.0. The second kappa shape index (κ2) is 9.42. The first-order valence-electron chi connectivity index (χ1n) is 8.42. The van der Waals surface area contributed by atoms with Gasteiger partial charge in [-0.1, -0.05) is 30.3 Å². The summed E-state index contributed by atoms with van der Waals surface area (Å²) in [6.45, 7) is 9.22. The molecule has 0 aromatic heterocycles. The Hall–Kier alpha value is -1.88. The summed E-state index contributed by atoms with van der Waals surface area (Å²) in [7, 11) is 0. The smallest absolute Gasteiger partial charge is 0.323 e. The van der Waals surface area contributed by atoms with E-state index in [1.165, 1.54) is 0 Å². The molecule has 1 aromatic rings. The summed E-state index contributed by atoms with van der Waals surface area (Å²) in [5.74, 6) is -0.722. The minimum absolute atomic E-state index is 0.309. The lowest BCUT2D eigenvalue weighted by molar-refractivity contribution is -0.157. The molecule has 0 spiro atoms. The maximum atomic E-state index is 12.2. The van der Waals surface area contributed by atoms with Crippen molar-refractivity contribution < 1.29 is 19.1 Å². The zero-order chi connectivity index (χ0) is 18.2. The van der Waals surface area contributed by atoms with Crippen molar-refractivity contribution in [2.45, 2.75) is 65.1 Å². The molecule has 0 amide bonds. The van der Waals surface area contributed by atoms with Crippen LogP contribution in [-0.4, -0.2) is 36.2 Å². The van der Waals surface area contributed by atoms with Gasteiger partial charge >= 0.3 is 11.9 Å². The molecule has 0 fully saturated rings. The number of nitrogens with one attached hydrogen (secondary N) is 1. The molecular formula is C19H29NO4. The van der Waals surface area contributed by atoms with Gasteiger partial charge in [0.2, 0.25) is 0 Å². The van der Waals surface area contributed by atoms with Crippen molar-refractivity contribution in [1.82, 2.24) is 5.32 Å². The van der Waals surface area contributed by atoms with Gasteiger partial charge in [-0.05, 0) is 53.0 Å². The summed E-state index contributed by atoms with van der Waals surface area (Å²) in [6.07, 6.45) is 1.27. The molecule has 0 saturated carbocycles. The fourth-order valence-corrected chi connectivity index (χ4v) is 2.23. The average molecular weight is 335 g/mol. The van der Waals surface area contributed by atoms with Crippen LogP contribution in [0.3, 0.4) is 0 Å². The van der Waals surface area contributed by atoms with E-state index in [9.17, 15) is 9.59 Å². The van der Waals surface area contributed by atoms with Gasteiger partial charge in [0.25, 0.3) is 0 Å². The lowest BCUT2D eigenvalue weighted by Crippen LogP contribution is -2.48. The van der Waals surface area contributed by atoms with Crippen molar-refractivity contribution in [3.63, 3.8) is 0 Å². The number of hydrogen-bond acceptors (Lipinski definition) is 5. The molecule has 1 N–H and O–H groups in total. The molecule has 0 saturated heterocycles. The SMILES string of the molecule is CCOC(=O)C(CCc1ccccc1)NC(C)C(=O)OC(C)(C)C. The standard InChI is InChI=1S/C19H29NO4/c1-6-23-18(22)16(13-12-15-10-8-7-9-11-15)20-14(2)17(21)24-19(3,4)5/h7-11,14,16,20H,6,12-13H2,1-5H3. The highest BCUT2D eigenvalue weighted by molar-refractivity contribution is 5.79. The molecule has 134 valence electrons. The Morgan fingerprint density at radius 1 is 1.12 bits per heavy atom. The second-order valence-corrected chi connectivity index (χ2v) is 6.75. The summed E-state index contributed by atoms with van der Waals surface area (Å²) < 4.78 is 10.5. The van der Waals surface area contributed by atoms with Crippen molar-refractivity contribution in [3.8, 4) is 0 Å². The van der Waals surface area contributed by atoms with E-state index in [-0.39, 0.29) is 11.9 Å². The summed E-state index contributed by atoms with van der Waals surface area (Å²) in [6, 6.07) is 8.77. The topological polar surface area (TPSA) is 64.6 Å². The van der Waals surface area contributed by atoms with E-state index >= 15 is 0 Å². The Balaban J connectivity index is 2.68. The van der Waals surface area contributed by atoms with Crippen LogP contribution in [0.15, 0.2) is 30.3 Å². The predicted octanol–water partition coefficient (Wildman–Crippen LogP) is 2.87. The molecule has 24 heavy (non-hydrogen) atoms. The predicted molar refractivity (Wildman–Crippen MR) is 93.6 cm³/mol. The molecule has 5 heteroatoms. The van der Waals surface area contributed by atoms with Gasteiger partial charge in [-0.15, -0.1) is 0 Å². The van der Waals surface area contributed by atoms with Crippen molar-refractivity contribution in [3.05, 3.63) is 35.9 Å². The Morgan fingerprint density at radius 3 is 2.29 bits per heavy atom. The van der Waals surface area contributed by atoms with Crippen LogP contribution in [0.4, 0.5) is 0 Å². The molecule has 2 unspecified atom stereocenters. The highest BCUT2D eigenvalue weighted by atomic mass is 16.6. The maximum Gasteiger partial charge on any atom is 0.323 e. The summed E-state index contributed by atoms with van der Waals surface area (Å²) >= 11 is 0. The quantitative estimate of drug-likeness (QED) is 0.740. The number of aryl methyl sites for hydroxylation is 1. The van der Waals surface area contributed by atoms with E-state index in [2.05, 4.69) is 5.32 Å². The van der Waals surface area contributed by atoms with E-state index in [0.717, 1.165) is 12.0 Å². The maximum absolute atomic E-state index is 12.2. The summed E-state index contributed by atoms with van der Waals surface area (Å²) in [5.41, 5.74) is 0.578. The average Bonchev–Trinajstić information content (AvgIpc) is 2.50. The lowest BCUT2D eigenvalue weighted by Gasteiger charge is -2.25. The van der Waals surface area contributed by atoms with Crippen LogP contribution in [0.2, 0.25) is 0 Å². The highest BCUT2D eigenvalue weighted by Crippen LogP contribution is 2.11. The molecule has 1 rings (SSSR count). The van der Waals surface area contributed by atoms with E-state index in [0.29, 0.717) is 13.0 Å². The summed E-state index contributed by atoms with van der Waals surface area (Å²) in [4.78, 5) is 24.3. The number of esters is 2. The normalized spacial score (nSPS) is 13.9. The Morgan fingerprint density at radius 2 is 1.75 bits per heavy atom. The Kier molecular flexibility index (Phi) is 7.92. The van der Waals surface area contributed by atoms with Gasteiger partial charge in [0.05, 0.1) is 6.61 Å². The highest BCUT2D eigenvalue weighted by Gasteiger charge is 2.27. The number of hydrogen-bond donors (Lipinski definition) is 1. The zero-order valence-corrected chi connectivity index (χ0v) is 15.3. The molecule has 0 bridgehead atoms. The molecule has 0 aliphatic carbocycles. The van der Waals surface area contributed by atoms with Crippen LogP contribution in [0.25, 0.3) is 0 Å². The number of benzene rings is 1. The van der Waals surface area contributed by atoms with Gasteiger partial charge in [-0.3, -0.25) is 14.9 Å². The van der Waals surface area contributed by atoms with Gasteiger partial charge in [0, 0.05) is 0 Å². The fourth-order valence-electron chi connectivity index (χ4n) is 2.23. The van der Waals surface area contributed by atoms with Crippen LogP contribution in [0.1, 0.15) is 46.6 Å². The molecule has 2 atom stereocenters. The Labute approximate surface area is 144 Å². The molecule has 1 aromatic carbocycles. The molecule has 0 aliphatic heterocycles. The van der Waals surface area contributed by atoms with Crippen LogP contribution in [-0.2, 0) is 25.5 Å². The van der Waals surface area contributed by atoms with Crippen LogP contribution < -0.4 is 5.32 Å². The van der Waals surface area contributed by atoms with E-state index in [1.807, 2.05) is 51.1 Å². The van der Waals surface area contributed by atoms with Crippen LogP contribution >= 0.6 is 0 Å². The minimum atomic E-state index is -0.589. The van der Waals surface area contributed by atoms with Crippen molar-refractivity contribution >= 4 is 11.9 Å². The van der Waals surface area contributed by atoms with Crippen molar-refractivity contribution in [1.29, 1.82) is 0 Å². The largest absolute Gasteiger partial charge is 0.465 e. The third kappa shape index (κ3) is 7.59. The first kappa shape index (κ1) is 20.2. The van der Waals surface area contributed by atoms with E-state index in [4.69, 9.17) is 9.47 Å². The molecular weight excluding hydrogens is 306 g/mol. The van der Waals surface area contributed by atoms with Gasteiger partial charge in [-0.2, -0.15) is 0 Å². The molecule has 0 heterocycles. The van der Waals surface area contributed by atoms with Gasteiger partial charge in [-0.25, -0.2) is 0 Å². The van der Waals surface area contributed by atoms with Crippen molar-refractivity contribution in [2.75, 3.05) is 6.61 Å². The van der Waals surface area contributed by atoms with Crippen LogP contribution in [0, 0.1) is 0 Å².